The van der Waals surface area contributed by atoms with Crippen LogP contribution in [0.1, 0.15) is 36.1 Å². The summed E-state index contributed by atoms with van der Waals surface area (Å²) in [5, 5.41) is 3.07. The van der Waals surface area contributed by atoms with Gasteiger partial charge in [0.15, 0.2) is 23.0 Å². The van der Waals surface area contributed by atoms with Crippen molar-refractivity contribution in [1.82, 2.24) is 10.2 Å². The van der Waals surface area contributed by atoms with Crippen LogP contribution in [0, 0.1) is 0 Å². The fraction of sp³-hybridized carbons (Fsp3) is 0.394. The van der Waals surface area contributed by atoms with Gasteiger partial charge in [-0.15, -0.1) is 0 Å². The van der Waals surface area contributed by atoms with Crippen LogP contribution < -0.4 is 39.3 Å². The molecule has 0 unspecified atom stereocenters. The highest BCUT2D eigenvalue weighted by molar-refractivity contribution is 5.83. The standard InChI is InChI=1S/C33H37N3O7/c1-20(37)34-25-8-6-22-16-30(39-2)32(40-3)33(41-4)31(22)23-7-9-26(27(38)17-24(23)25)36-13-11-35(12-14-36)18-21-5-10-28-29(15-21)43-19-42-28/h5,7,9-10,15-17,25H,6,8,11-14,18-19H2,1-4H3,(H,34,37)/t25-/m1/s1. The summed E-state index contributed by atoms with van der Waals surface area (Å²) in [6, 6.07) is 13.3. The average molecular weight is 588 g/mol. The second-order valence-corrected chi connectivity index (χ2v) is 11.0. The van der Waals surface area contributed by atoms with Crippen molar-refractivity contribution in [3.8, 4) is 39.9 Å². The first-order valence-corrected chi connectivity index (χ1v) is 14.5. The molecule has 0 aromatic heterocycles. The number of hydrogen-bond acceptors (Lipinski definition) is 9. The third-order valence-electron chi connectivity index (χ3n) is 8.45. The maximum Gasteiger partial charge on any atom is 0.231 e. The SMILES string of the molecule is COc1cc2c(c(OC)c1OC)-c1ccc(N3CCN(Cc4ccc5c(c4)OCO5)CC3)c(=O)cc1[C@H](NC(C)=O)CC2. The minimum absolute atomic E-state index is 0.0799. The first kappa shape index (κ1) is 28.7. The fourth-order valence-corrected chi connectivity index (χ4v) is 6.41. The topological polar surface area (TPSA) is 98.8 Å². The van der Waals surface area contributed by atoms with E-state index in [-0.39, 0.29) is 24.2 Å². The van der Waals surface area contributed by atoms with E-state index in [2.05, 4.69) is 21.2 Å². The number of amides is 1. The maximum absolute atomic E-state index is 13.8. The molecule has 2 aliphatic heterocycles. The molecule has 1 atom stereocenters. The molecule has 0 spiro atoms. The molecule has 10 nitrogen and oxygen atoms in total. The molecule has 1 aliphatic carbocycles. The summed E-state index contributed by atoms with van der Waals surface area (Å²) < 4.78 is 28.2. The number of aryl methyl sites for hydroxylation is 1. The zero-order chi connectivity index (χ0) is 30.1. The van der Waals surface area contributed by atoms with Gasteiger partial charge in [-0.2, -0.15) is 0 Å². The van der Waals surface area contributed by atoms with E-state index in [1.165, 1.54) is 12.5 Å². The molecule has 1 N–H and O–H groups in total. The lowest BCUT2D eigenvalue weighted by Gasteiger charge is -2.35. The number of fused-ring (bicyclic) bond motifs is 4. The summed E-state index contributed by atoms with van der Waals surface area (Å²) in [7, 11) is 4.78. The molecule has 1 fully saturated rings. The molecular weight excluding hydrogens is 550 g/mol. The predicted octanol–water partition coefficient (Wildman–Crippen LogP) is 3.91. The highest BCUT2D eigenvalue weighted by Gasteiger charge is 2.30. The van der Waals surface area contributed by atoms with E-state index in [1.54, 1.807) is 27.4 Å². The quantitative estimate of drug-likeness (QED) is 0.441. The number of carbonyl (C=O) groups is 1. The van der Waals surface area contributed by atoms with Crippen LogP contribution in [-0.2, 0) is 17.8 Å². The average Bonchev–Trinajstić information content (AvgIpc) is 3.35. The van der Waals surface area contributed by atoms with Crippen LogP contribution in [0.2, 0.25) is 0 Å². The van der Waals surface area contributed by atoms with Gasteiger partial charge in [0, 0.05) is 45.2 Å². The van der Waals surface area contributed by atoms with Crippen molar-refractivity contribution in [2.45, 2.75) is 32.4 Å². The maximum atomic E-state index is 13.8. The minimum atomic E-state index is -0.340. The number of benzene rings is 2. The van der Waals surface area contributed by atoms with Crippen molar-refractivity contribution in [3.63, 3.8) is 0 Å². The molecule has 3 aromatic rings. The molecule has 0 bridgehead atoms. The Kier molecular flexibility index (Phi) is 8.03. The highest BCUT2D eigenvalue weighted by atomic mass is 16.7. The van der Waals surface area contributed by atoms with E-state index < -0.39 is 0 Å². The third kappa shape index (κ3) is 5.54. The van der Waals surface area contributed by atoms with Crippen LogP contribution in [0.4, 0.5) is 5.69 Å². The van der Waals surface area contributed by atoms with E-state index in [9.17, 15) is 9.59 Å². The molecule has 226 valence electrons. The van der Waals surface area contributed by atoms with Crippen LogP contribution in [0.3, 0.4) is 0 Å². The molecular formula is C33H37N3O7. The van der Waals surface area contributed by atoms with Crippen LogP contribution in [-0.4, -0.2) is 65.1 Å². The minimum Gasteiger partial charge on any atom is -0.493 e. The molecule has 10 heteroatoms. The number of hydrogen-bond donors (Lipinski definition) is 1. The van der Waals surface area contributed by atoms with Crippen LogP contribution in [0.15, 0.2) is 47.3 Å². The lowest BCUT2D eigenvalue weighted by atomic mass is 9.95. The number of nitrogens with zero attached hydrogens (tertiary/aromatic N) is 2. The summed E-state index contributed by atoms with van der Waals surface area (Å²) in [5.41, 5.74) is 5.16. The Morgan fingerprint density at radius 2 is 1.70 bits per heavy atom. The Morgan fingerprint density at radius 3 is 2.42 bits per heavy atom. The van der Waals surface area contributed by atoms with E-state index in [0.717, 1.165) is 53.4 Å². The second kappa shape index (κ2) is 12.0. The van der Waals surface area contributed by atoms with Crippen LogP contribution in [0.25, 0.3) is 11.1 Å². The molecule has 6 rings (SSSR count). The molecule has 3 aromatic carbocycles. The Bertz CT molecular complexity index is 1600. The van der Waals surface area contributed by atoms with E-state index in [1.807, 2.05) is 30.3 Å². The summed E-state index contributed by atoms with van der Waals surface area (Å²) >= 11 is 0. The number of carbonyl (C=O) groups excluding carboxylic acids is 1. The van der Waals surface area contributed by atoms with Crippen molar-refractivity contribution in [2.24, 2.45) is 0 Å². The fourth-order valence-electron chi connectivity index (χ4n) is 6.41. The lowest BCUT2D eigenvalue weighted by Crippen LogP contribution is -2.47. The van der Waals surface area contributed by atoms with Gasteiger partial charge in [0.25, 0.3) is 0 Å². The number of nitrogens with one attached hydrogen (secondary N) is 1. The predicted molar refractivity (Wildman–Crippen MR) is 163 cm³/mol. The number of ether oxygens (including phenoxy) is 5. The summed E-state index contributed by atoms with van der Waals surface area (Å²) in [5.74, 6) is 3.02. The lowest BCUT2D eigenvalue weighted by molar-refractivity contribution is -0.119. The highest BCUT2D eigenvalue weighted by Crippen LogP contribution is 2.50. The van der Waals surface area contributed by atoms with Gasteiger partial charge in [0.1, 0.15) is 0 Å². The molecule has 0 saturated carbocycles. The molecule has 3 aliphatic rings. The van der Waals surface area contributed by atoms with Crippen LogP contribution in [0.5, 0.6) is 28.7 Å². The largest absolute Gasteiger partial charge is 0.493 e. The summed E-state index contributed by atoms with van der Waals surface area (Å²) in [6.45, 7) is 5.62. The number of rotatable bonds is 7. The van der Waals surface area contributed by atoms with Gasteiger partial charge in [-0.3, -0.25) is 14.5 Å². The Morgan fingerprint density at radius 1 is 0.930 bits per heavy atom. The van der Waals surface area contributed by atoms with Gasteiger partial charge >= 0.3 is 0 Å². The second-order valence-electron chi connectivity index (χ2n) is 11.0. The van der Waals surface area contributed by atoms with E-state index in [4.69, 9.17) is 23.7 Å². The Hall–Kier alpha value is -4.44. The summed E-state index contributed by atoms with van der Waals surface area (Å²) in [4.78, 5) is 30.6. The number of piperazine rings is 1. The van der Waals surface area contributed by atoms with E-state index >= 15 is 0 Å². The zero-order valence-corrected chi connectivity index (χ0v) is 25.0. The van der Waals surface area contributed by atoms with Gasteiger partial charge in [0.05, 0.1) is 33.1 Å². The van der Waals surface area contributed by atoms with Crippen molar-refractivity contribution in [3.05, 3.63) is 69.4 Å². The molecule has 0 radical (unpaired) electrons. The molecule has 2 heterocycles. The first-order chi connectivity index (χ1) is 20.9. The molecule has 1 amide bonds. The normalized spacial score (nSPS) is 17.4. The third-order valence-corrected chi connectivity index (χ3v) is 8.45. The number of methoxy groups -OCH3 is 3. The van der Waals surface area contributed by atoms with Gasteiger partial charge in [-0.25, -0.2) is 0 Å². The summed E-state index contributed by atoms with van der Waals surface area (Å²) in [6.07, 6.45) is 1.28. The smallest absolute Gasteiger partial charge is 0.231 e. The van der Waals surface area contributed by atoms with Crippen LogP contribution >= 0.6 is 0 Å². The monoisotopic (exact) mass is 587 g/mol. The Balaban J connectivity index is 1.33. The van der Waals surface area contributed by atoms with Crippen molar-refractivity contribution < 1.29 is 28.5 Å². The van der Waals surface area contributed by atoms with Gasteiger partial charge in [-0.05, 0) is 65.4 Å². The molecule has 43 heavy (non-hydrogen) atoms. The van der Waals surface area contributed by atoms with Crippen molar-refractivity contribution >= 4 is 11.6 Å². The zero-order valence-electron chi connectivity index (χ0n) is 25.0. The van der Waals surface area contributed by atoms with E-state index in [0.29, 0.717) is 48.9 Å². The Labute approximate surface area is 251 Å². The van der Waals surface area contributed by atoms with Crippen molar-refractivity contribution in [1.29, 1.82) is 0 Å². The van der Waals surface area contributed by atoms with Gasteiger partial charge < -0.3 is 33.9 Å². The molecule has 1 saturated heterocycles. The van der Waals surface area contributed by atoms with Crippen molar-refractivity contribution in [2.75, 3.05) is 59.2 Å². The van der Waals surface area contributed by atoms with Gasteiger partial charge in [0.2, 0.25) is 23.9 Å². The first-order valence-electron chi connectivity index (χ1n) is 14.5. The number of anilines is 1. The van der Waals surface area contributed by atoms with Gasteiger partial charge in [-0.1, -0.05) is 12.1 Å².